The van der Waals surface area contributed by atoms with Gasteiger partial charge in [-0.05, 0) is 18.2 Å². The van der Waals surface area contributed by atoms with Crippen molar-refractivity contribution in [3.05, 3.63) is 29.8 Å². The molecule has 0 aliphatic carbocycles. The summed E-state index contributed by atoms with van der Waals surface area (Å²) in [4.78, 5) is 20.6. The minimum Gasteiger partial charge on any atom is -0.507 e. The molecule has 0 aromatic heterocycles. The Morgan fingerprint density at radius 2 is 2.27 bits per heavy atom. The molecule has 0 aliphatic heterocycles. The Morgan fingerprint density at radius 1 is 1.55 bits per heavy atom. The number of rotatable bonds is 2. The van der Waals surface area contributed by atoms with E-state index in [2.05, 4.69) is 6.07 Å². The minimum atomic E-state index is -0.610. The molecule has 0 saturated heterocycles. The second-order valence-electron chi connectivity index (χ2n) is 1.94. The van der Waals surface area contributed by atoms with Crippen molar-refractivity contribution in [1.82, 2.24) is 0 Å². The van der Waals surface area contributed by atoms with E-state index in [0.29, 0.717) is 0 Å². The van der Waals surface area contributed by atoms with Gasteiger partial charge in [0, 0.05) is 11.6 Å². The van der Waals surface area contributed by atoms with E-state index < -0.39 is 5.78 Å². The summed E-state index contributed by atoms with van der Waals surface area (Å²) >= 11 is 0. The van der Waals surface area contributed by atoms with Gasteiger partial charge in [-0.1, -0.05) is 0 Å². The maximum absolute atomic E-state index is 10.7. The van der Waals surface area contributed by atoms with Crippen LogP contribution in [0.1, 0.15) is 10.4 Å². The Kier molecular flexibility index (Phi) is 2.01. The summed E-state index contributed by atoms with van der Waals surface area (Å²) in [6, 6.07) is 6.33. The van der Waals surface area contributed by atoms with Crippen molar-refractivity contribution < 1.29 is 14.7 Å². The highest BCUT2D eigenvalue weighted by Crippen LogP contribution is 2.08. The number of carbonyl (C=O) groups excluding carboxylic acids is 2. The maximum atomic E-state index is 10.7. The first kappa shape index (κ1) is 7.47. The number of ketones is 1. The molecule has 1 aromatic carbocycles. The van der Waals surface area contributed by atoms with Gasteiger partial charge < -0.3 is 5.11 Å². The van der Waals surface area contributed by atoms with E-state index in [1.54, 1.807) is 0 Å². The second-order valence-corrected chi connectivity index (χ2v) is 1.94. The third kappa shape index (κ3) is 1.64. The van der Waals surface area contributed by atoms with Gasteiger partial charge in [0.05, 0.1) is 0 Å². The van der Waals surface area contributed by atoms with Crippen molar-refractivity contribution in [2.75, 3.05) is 0 Å². The zero-order valence-electron chi connectivity index (χ0n) is 5.57. The summed E-state index contributed by atoms with van der Waals surface area (Å²) in [6.07, 6.45) is 0.222. The summed E-state index contributed by atoms with van der Waals surface area (Å²) in [5.74, 6) is -0.659. The molecule has 1 aromatic rings. The maximum Gasteiger partial charge on any atom is 0.225 e. The number of aldehydes is 1. The first-order valence-corrected chi connectivity index (χ1v) is 2.94. The van der Waals surface area contributed by atoms with Crippen LogP contribution in [-0.2, 0) is 4.79 Å². The summed E-state index contributed by atoms with van der Waals surface area (Å²) in [5, 5.41) is 8.76. The Hall–Kier alpha value is -1.64. The van der Waals surface area contributed by atoms with Crippen LogP contribution in [0.5, 0.6) is 5.75 Å². The van der Waals surface area contributed by atoms with E-state index in [1.165, 1.54) is 18.2 Å². The molecule has 1 N–H and O–H groups in total. The molecular formula is C8H5O3. The third-order valence-electron chi connectivity index (χ3n) is 1.19. The summed E-state index contributed by atoms with van der Waals surface area (Å²) in [6.45, 7) is 0. The number of Topliss-reactive ketones (excluding diaryl/α,β-unsaturated/α-hetero) is 1. The van der Waals surface area contributed by atoms with E-state index in [9.17, 15) is 9.59 Å². The van der Waals surface area contributed by atoms with Gasteiger partial charge in [0.15, 0.2) is 6.29 Å². The fourth-order valence-corrected chi connectivity index (χ4v) is 0.638. The Balaban J connectivity index is 2.98. The van der Waals surface area contributed by atoms with E-state index in [0.717, 1.165) is 0 Å². The third-order valence-corrected chi connectivity index (χ3v) is 1.19. The van der Waals surface area contributed by atoms with Gasteiger partial charge in [-0.2, -0.15) is 0 Å². The van der Waals surface area contributed by atoms with Crippen molar-refractivity contribution in [3.63, 3.8) is 0 Å². The number of carbonyl (C=O) groups is 2. The minimum absolute atomic E-state index is 0.0487. The summed E-state index contributed by atoms with van der Waals surface area (Å²) in [5.41, 5.74) is 0.234. The van der Waals surface area contributed by atoms with Crippen molar-refractivity contribution in [2.24, 2.45) is 0 Å². The molecule has 1 rings (SSSR count). The Bertz CT molecular complexity index is 274. The van der Waals surface area contributed by atoms with Crippen LogP contribution >= 0.6 is 0 Å². The zero-order valence-corrected chi connectivity index (χ0v) is 5.57. The smallest absolute Gasteiger partial charge is 0.225 e. The number of aromatic hydroxyl groups is 1. The summed E-state index contributed by atoms with van der Waals surface area (Å²) < 4.78 is 0. The molecule has 0 unspecified atom stereocenters. The molecule has 0 aliphatic rings. The van der Waals surface area contributed by atoms with Crippen LogP contribution in [0.2, 0.25) is 0 Å². The van der Waals surface area contributed by atoms with Crippen molar-refractivity contribution in [2.45, 2.75) is 0 Å². The van der Waals surface area contributed by atoms with E-state index in [1.807, 2.05) is 0 Å². The SMILES string of the molecule is O=CC(=O)c1c[c]c(O)cc1. The fraction of sp³-hybridized carbons (Fsp3) is 0. The van der Waals surface area contributed by atoms with Crippen LogP contribution in [0.15, 0.2) is 18.2 Å². The van der Waals surface area contributed by atoms with Crippen LogP contribution in [0, 0.1) is 6.07 Å². The van der Waals surface area contributed by atoms with Gasteiger partial charge in [-0.3, -0.25) is 9.59 Å². The molecule has 0 atom stereocenters. The first-order valence-electron chi connectivity index (χ1n) is 2.94. The molecule has 0 spiro atoms. The van der Waals surface area contributed by atoms with Crippen molar-refractivity contribution >= 4 is 12.1 Å². The quantitative estimate of drug-likeness (QED) is 0.380. The van der Waals surface area contributed by atoms with Crippen LogP contribution in [-0.4, -0.2) is 17.2 Å². The fourth-order valence-electron chi connectivity index (χ4n) is 0.638. The van der Waals surface area contributed by atoms with E-state index in [4.69, 9.17) is 5.11 Å². The van der Waals surface area contributed by atoms with Crippen molar-refractivity contribution in [1.29, 1.82) is 0 Å². The van der Waals surface area contributed by atoms with Gasteiger partial charge in [0.25, 0.3) is 0 Å². The largest absolute Gasteiger partial charge is 0.507 e. The lowest BCUT2D eigenvalue weighted by Gasteiger charge is -1.92. The van der Waals surface area contributed by atoms with Crippen LogP contribution in [0.25, 0.3) is 0 Å². The molecule has 0 fully saturated rings. The highest BCUT2D eigenvalue weighted by Gasteiger charge is 2.01. The second kappa shape index (κ2) is 2.96. The monoisotopic (exact) mass is 149 g/mol. The van der Waals surface area contributed by atoms with Crippen LogP contribution in [0.4, 0.5) is 0 Å². The highest BCUT2D eigenvalue weighted by molar-refractivity contribution is 6.33. The molecule has 55 valence electrons. The molecule has 0 saturated carbocycles. The number of benzene rings is 1. The standard InChI is InChI=1S/C8H5O3/c9-5-8(11)6-1-3-7(10)4-2-6/h1-3,5,10H. The van der Waals surface area contributed by atoms with Crippen LogP contribution < -0.4 is 0 Å². The van der Waals surface area contributed by atoms with E-state index >= 15 is 0 Å². The lowest BCUT2D eigenvalue weighted by Crippen LogP contribution is -1.98. The average molecular weight is 149 g/mol. The van der Waals surface area contributed by atoms with Gasteiger partial charge in [0.2, 0.25) is 5.78 Å². The molecule has 1 radical (unpaired) electrons. The Morgan fingerprint density at radius 3 is 2.73 bits per heavy atom. The molecule has 0 amide bonds. The molecule has 11 heavy (non-hydrogen) atoms. The zero-order chi connectivity index (χ0) is 8.27. The molecule has 0 heterocycles. The lowest BCUT2D eigenvalue weighted by molar-refractivity contribution is -0.104. The first-order chi connectivity index (χ1) is 5.24. The Labute approximate surface area is 63.3 Å². The van der Waals surface area contributed by atoms with Gasteiger partial charge in [0.1, 0.15) is 5.75 Å². The molecule has 0 bridgehead atoms. The highest BCUT2D eigenvalue weighted by atomic mass is 16.3. The van der Waals surface area contributed by atoms with Crippen molar-refractivity contribution in [3.8, 4) is 5.75 Å². The summed E-state index contributed by atoms with van der Waals surface area (Å²) in [7, 11) is 0. The number of hydrogen-bond donors (Lipinski definition) is 1. The molecule has 3 heteroatoms. The average Bonchev–Trinajstić information content (AvgIpc) is 2.05. The van der Waals surface area contributed by atoms with Crippen LogP contribution in [0.3, 0.4) is 0 Å². The number of phenolic OH excluding ortho intramolecular Hbond substituents is 1. The molecular weight excluding hydrogens is 144 g/mol. The topological polar surface area (TPSA) is 54.4 Å². The van der Waals surface area contributed by atoms with E-state index in [-0.39, 0.29) is 17.6 Å². The lowest BCUT2D eigenvalue weighted by atomic mass is 10.1. The predicted octanol–water partition coefficient (Wildman–Crippen LogP) is 0.574. The predicted molar refractivity (Wildman–Crippen MR) is 37.3 cm³/mol. The number of phenols is 1. The van der Waals surface area contributed by atoms with Gasteiger partial charge in [-0.25, -0.2) is 0 Å². The van der Waals surface area contributed by atoms with Gasteiger partial charge >= 0.3 is 0 Å². The number of hydrogen-bond acceptors (Lipinski definition) is 3. The normalized spacial score (nSPS) is 9.09. The molecule has 3 nitrogen and oxygen atoms in total. The van der Waals surface area contributed by atoms with Gasteiger partial charge in [-0.15, -0.1) is 0 Å².